The van der Waals surface area contributed by atoms with Gasteiger partial charge in [-0.25, -0.2) is 0 Å². The molecule has 0 aliphatic carbocycles. The molecule has 0 radical (unpaired) electrons. The molecule has 144 valence electrons. The van der Waals surface area contributed by atoms with E-state index in [9.17, 15) is 4.79 Å². The first-order valence-electron chi connectivity index (χ1n) is 9.24. The number of furan rings is 1. The van der Waals surface area contributed by atoms with Crippen molar-refractivity contribution in [3.63, 3.8) is 0 Å². The van der Waals surface area contributed by atoms with E-state index in [2.05, 4.69) is 20.5 Å². The summed E-state index contributed by atoms with van der Waals surface area (Å²) in [4.78, 5) is 19.2. The van der Waals surface area contributed by atoms with Gasteiger partial charge in [0.05, 0.1) is 48.6 Å². The molecule has 2 N–H and O–H groups in total. The minimum atomic E-state index is -0.199. The number of hydrogen-bond acceptors (Lipinski definition) is 6. The van der Waals surface area contributed by atoms with Crippen LogP contribution in [0.3, 0.4) is 0 Å². The van der Waals surface area contributed by atoms with Crippen molar-refractivity contribution in [1.82, 2.24) is 4.98 Å². The molecule has 7 nitrogen and oxygen atoms in total. The summed E-state index contributed by atoms with van der Waals surface area (Å²) in [7, 11) is 0. The van der Waals surface area contributed by atoms with E-state index in [0.717, 1.165) is 35.9 Å². The summed E-state index contributed by atoms with van der Waals surface area (Å²) in [5, 5.41) is 6.22. The Morgan fingerprint density at radius 1 is 1.11 bits per heavy atom. The molecule has 1 aliphatic rings. The molecule has 3 aromatic rings. The lowest BCUT2D eigenvalue weighted by molar-refractivity contribution is 0.102. The molecular formula is C21H22N4O3. The first-order valence-corrected chi connectivity index (χ1v) is 9.24. The van der Waals surface area contributed by atoms with Gasteiger partial charge >= 0.3 is 0 Å². The lowest BCUT2D eigenvalue weighted by Gasteiger charge is -2.30. The third-order valence-corrected chi connectivity index (χ3v) is 4.55. The fraction of sp³-hybridized carbons (Fsp3) is 0.238. The van der Waals surface area contributed by atoms with Gasteiger partial charge in [-0.05, 0) is 30.3 Å². The van der Waals surface area contributed by atoms with Crippen molar-refractivity contribution in [3.05, 3.63) is 72.4 Å². The number of ether oxygens (including phenoxy) is 1. The maximum Gasteiger partial charge on any atom is 0.257 e. The maximum absolute atomic E-state index is 12.8. The highest BCUT2D eigenvalue weighted by Gasteiger charge is 2.16. The average molecular weight is 378 g/mol. The minimum absolute atomic E-state index is 0.199. The molecule has 1 aromatic carbocycles. The van der Waals surface area contributed by atoms with Gasteiger partial charge in [0.15, 0.2) is 0 Å². The van der Waals surface area contributed by atoms with Crippen LogP contribution < -0.4 is 15.5 Å². The Morgan fingerprint density at radius 3 is 2.79 bits per heavy atom. The third kappa shape index (κ3) is 4.32. The van der Waals surface area contributed by atoms with E-state index < -0.39 is 0 Å². The predicted molar refractivity (Wildman–Crippen MR) is 108 cm³/mol. The smallest absolute Gasteiger partial charge is 0.257 e. The Bertz CT molecular complexity index is 921. The number of rotatable bonds is 6. The van der Waals surface area contributed by atoms with E-state index in [1.54, 1.807) is 24.7 Å². The summed E-state index contributed by atoms with van der Waals surface area (Å²) < 4.78 is 10.7. The molecule has 0 spiro atoms. The van der Waals surface area contributed by atoms with Gasteiger partial charge in [0, 0.05) is 25.5 Å². The SMILES string of the molecule is O=C(Nc1ccccc1N1CCOCC1)c1cncc(NCc2ccco2)c1. The monoisotopic (exact) mass is 378 g/mol. The molecule has 1 saturated heterocycles. The summed E-state index contributed by atoms with van der Waals surface area (Å²) >= 11 is 0. The second-order valence-corrected chi connectivity index (χ2v) is 6.47. The van der Waals surface area contributed by atoms with Gasteiger partial charge in [-0.1, -0.05) is 12.1 Å². The van der Waals surface area contributed by atoms with Crippen LogP contribution in [0.25, 0.3) is 0 Å². The van der Waals surface area contributed by atoms with E-state index in [-0.39, 0.29) is 5.91 Å². The van der Waals surface area contributed by atoms with Crippen molar-refractivity contribution in [3.8, 4) is 0 Å². The fourth-order valence-electron chi connectivity index (χ4n) is 3.12. The van der Waals surface area contributed by atoms with E-state index in [1.807, 2.05) is 36.4 Å². The van der Waals surface area contributed by atoms with Crippen LogP contribution in [0.1, 0.15) is 16.1 Å². The first kappa shape index (κ1) is 18.1. The first-order chi connectivity index (χ1) is 13.8. The number of para-hydroxylation sites is 2. The van der Waals surface area contributed by atoms with Crippen LogP contribution in [-0.2, 0) is 11.3 Å². The van der Waals surface area contributed by atoms with Crippen molar-refractivity contribution in [2.45, 2.75) is 6.54 Å². The normalized spacial score (nSPS) is 13.9. The summed E-state index contributed by atoms with van der Waals surface area (Å²) in [6.45, 7) is 3.52. The molecule has 2 aromatic heterocycles. The topological polar surface area (TPSA) is 79.6 Å². The second-order valence-electron chi connectivity index (χ2n) is 6.47. The van der Waals surface area contributed by atoms with Gasteiger partial charge in [-0.15, -0.1) is 0 Å². The minimum Gasteiger partial charge on any atom is -0.467 e. The zero-order chi connectivity index (χ0) is 19.2. The molecule has 0 atom stereocenters. The number of amides is 1. The number of morpholine rings is 1. The summed E-state index contributed by atoms with van der Waals surface area (Å²) in [6, 6.07) is 13.3. The van der Waals surface area contributed by atoms with Gasteiger partial charge in [0.1, 0.15) is 5.76 Å². The summed E-state index contributed by atoms with van der Waals surface area (Å²) in [6.07, 6.45) is 4.87. The number of pyridine rings is 1. The van der Waals surface area contributed by atoms with E-state index in [0.29, 0.717) is 25.3 Å². The van der Waals surface area contributed by atoms with Gasteiger partial charge in [0.25, 0.3) is 5.91 Å². The standard InChI is InChI=1S/C21H22N4O3/c26-21(16-12-17(14-22-13-16)23-15-18-4-3-9-28-18)24-19-5-1-2-6-20(19)25-7-10-27-11-8-25/h1-6,9,12-14,23H,7-8,10-11,15H2,(H,24,26). The Kier molecular flexibility index (Phi) is 5.53. The van der Waals surface area contributed by atoms with Crippen LogP contribution in [0.5, 0.6) is 0 Å². The van der Waals surface area contributed by atoms with E-state index in [4.69, 9.17) is 9.15 Å². The summed E-state index contributed by atoms with van der Waals surface area (Å²) in [5.41, 5.74) is 3.02. The molecule has 0 bridgehead atoms. The molecule has 1 amide bonds. The Morgan fingerprint density at radius 2 is 1.96 bits per heavy atom. The van der Waals surface area contributed by atoms with E-state index in [1.165, 1.54) is 0 Å². The van der Waals surface area contributed by atoms with Gasteiger partial charge in [-0.3, -0.25) is 9.78 Å². The number of aromatic nitrogens is 1. The fourth-order valence-corrected chi connectivity index (χ4v) is 3.12. The quantitative estimate of drug-likeness (QED) is 0.685. The molecule has 28 heavy (non-hydrogen) atoms. The highest BCUT2D eigenvalue weighted by molar-refractivity contribution is 6.06. The van der Waals surface area contributed by atoms with Crippen molar-refractivity contribution in [1.29, 1.82) is 0 Å². The molecule has 0 saturated carbocycles. The average Bonchev–Trinajstić information content (AvgIpc) is 3.27. The number of nitrogens with one attached hydrogen (secondary N) is 2. The van der Waals surface area contributed by atoms with Crippen LogP contribution in [0, 0.1) is 0 Å². The molecule has 0 unspecified atom stereocenters. The third-order valence-electron chi connectivity index (χ3n) is 4.55. The van der Waals surface area contributed by atoms with Crippen molar-refractivity contribution < 1.29 is 13.9 Å². The number of carbonyl (C=O) groups excluding carboxylic acids is 1. The van der Waals surface area contributed by atoms with Gasteiger partial charge < -0.3 is 24.7 Å². The number of hydrogen-bond donors (Lipinski definition) is 2. The second kappa shape index (κ2) is 8.58. The van der Waals surface area contributed by atoms with Crippen LogP contribution in [0.15, 0.2) is 65.5 Å². The Balaban J connectivity index is 1.46. The molecule has 1 fully saturated rings. The van der Waals surface area contributed by atoms with Crippen molar-refractivity contribution in [2.24, 2.45) is 0 Å². The largest absolute Gasteiger partial charge is 0.467 e. The van der Waals surface area contributed by atoms with Crippen LogP contribution in [0.2, 0.25) is 0 Å². The number of benzene rings is 1. The molecule has 3 heterocycles. The Hall–Kier alpha value is -3.32. The zero-order valence-corrected chi connectivity index (χ0v) is 15.4. The van der Waals surface area contributed by atoms with E-state index >= 15 is 0 Å². The van der Waals surface area contributed by atoms with Crippen molar-refractivity contribution in [2.75, 3.05) is 41.8 Å². The van der Waals surface area contributed by atoms with Gasteiger partial charge in [0.2, 0.25) is 0 Å². The van der Waals surface area contributed by atoms with Crippen molar-refractivity contribution >= 4 is 23.0 Å². The summed E-state index contributed by atoms with van der Waals surface area (Å²) in [5.74, 6) is 0.615. The molecule has 7 heteroatoms. The number of anilines is 3. The lowest BCUT2D eigenvalue weighted by Crippen LogP contribution is -2.36. The van der Waals surface area contributed by atoms with Crippen LogP contribution in [-0.4, -0.2) is 37.2 Å². The maximum atomic E-state index is 12.8. The molecule has 1 aliphatic heterocycles. The Labute approximate surface area is 163 Å². The number of carbonyl (C=O) groups is 1. The molecule has 4 rings (SSSR count). The highest BCUT2D eigenvalue weighted by Crippen LogP contribution is 2.27. The van der Waals surface area contributed by atoms with Crippen LogP contribution >= 0.6 is 0 Å². The molecular weight excluding hydrogens is 356 g/mol. The zero-order valence-electron chi connectivity index (χ0n) is 15.4. The van der Waals surface area contributed by atoms with Gasteiger partial charge in [-0.2, -0.15) is 0 Å². The number of nitrogens with zero attached hydrogens (tertiary/aromatic N) is 2. The lowest BCUT2D eigenvalue weighted by atomic mass is 10.2. The predicted octanol–water partition coefficient (Wildman–Crippen LogP) is 3.38. The highest BCUT2D eigenvalue weighted by atomic mass is 16.5. The van der Waals surface area contributed by atoms with Crippen LogP contribution in [0.4, 0.5) is 17.1 Å².